The number of para-hydroxylation sites is 1. The summed E-state index contributed by atoms with van der Waals surface area (Å²) in [5.41, 5.74) is 4.49. The lowest BCUT2D eigenvalue weighted by atomic mass is 9.95. The van der Waals surface area contributed by atoms with Crippen molar-refractivity contribution < 1.29 is 9.18 Å². The van der Waals surface area contributed by atoms with Crippen molar-refractivity contribution in [3.63, 3.8) is 0 Å². The largest absolute Gasteiger partial charge is 0.352 e. The minimum atomic E-state index is -0.279. The molecule has 35 heavy (non-hydrogen) atoms. The van der Waals surface area contributed by atoms with Crippen LogP contribution in [0.3, 0.4) is 0 Å². The Balaban J connectivity index is 1.22. The Labute approximate surface area is 210 Å². The molecule has 4 nitrogen and oxygen atoms in total. The number of benzene rings is 3. The third-order valence-corrected chi connectivity index (χ3v) is 7.10. The molecule has 180 valence electrons. The van der Waals surface area contributed by atoms with E-state index >= 15 is 0 Å². The molecule has 0 spiro atoms. The molecule has 1 aromatic heterocycles. The van der Waals surface area contributed by atoms with Gasteiger partial charge in [-0.2, -0.15) is 0 Å². The molecule has 0 bridgehead atoms. The Bertz CT molecular complexity index is 1310. The Hall–Kier alpha value is -3.15. The molecule has 0 saturated carbocycles. The maximum atomic E-state index is 13.4. The van der Waals surface area contributed by atoms with Gasteiger partial charge in [0.25, 0.3) is 0 Å². The van der Waals surface area contributed by atoms with Crippen LogP contribution in [0.15, 0.2) is 78.9 Å². The number of nitrogens with one attached hydrogen (secondary N) is 1. The molecule has 3 aromatic carbocycles. The van der Waals surface area contributed by atoms with Gasteiger partial charge in [0.1, 0.15) is 5.82 Å². The van der Waals surface area contributed by atoms with Crippen LogP contribution >= 0.6 is 11.6 Å². The summed E-state index contributed by atoms with van der Waals surface area (Å²) in [6.07, 6.45) is 1.65. The number of carbonyl (C=O) groups is 1. The maximum absolute atomic E-state index is 13.4. The first-order valence-corrected chi connectivity index (χ1v) is 12.5. The van der Waals surface area contributed by atoms with E-state index in [0.717, 1.165) is 49.6 Å². The first-order chi connectivity index (χ1) is 17.0. The predicted molar refractivity (Wildman–Crippen MR) is 139 cm³/mol. The van der Waals surface area contributed by atoms with E-state index in [4.69, 9.17) is 11.6 Å². The molecular formula is C29H29ClFN3O. The lowest BCUT2D eigenvalue weighted by Gasteiger charge is -2.31. The number of halogens is 2. The highest BCUT2D eigenvalue weighted by molar-refractivity contribution is 6.30. The number of hydrogen-bond acceptors (Lipinski definition) is 2. The Morgan fingerprint density at radius 3 is 2.46 bits per heavy atom. The van der Waals surface area contributed by atoms with Crippen LogP contribution in [0.1, 0.15) is 29.7 Å². The van der Waals surface area contributed by atoms with Gasteiger partial charge in [-0.1, -0.05) is 54.1 Å². The van der Waals surface area contributed by atoms with E-state index in [1.54, 1.807) is 6.07 Å². The van der Waals surface area contributed by atoms with Crippen LogP contribution < -0.4 is 5.32 Å². The van der Waals surface area contributed by atoms with Gasteiger partial charge in [-0.3, -0.25) is 9.69 Å². The van der Waals surface area contributed by atoms with E-state index in [1.165, 1.54) is 34.3 Å². The van der Waals surface area contributed by atoms with Crippen molar-refractivity contribution in [3.8, 4) is 0 Å². The second-order valence-corrected chi connectivity index (χ2v) is 9.74. The molecule has 0 radical (unpaired) electrons. The van der Waals surface area contributed by atoms with Crippen molar-refractivity contribution >= 4 is 28.4 Å². The van der Waals surface area contributed by atoms with E-state index in [2.05, 4.69) is 57.2 Å². The summed E-state index contributed by atoms with van der Waals surface area (Å²) >= 11 is 6.08. The SMILES string of the molecule is O=C(NCc1cccc(F)c1)C1CCN(Cc2cc3ccccc3n2Cc2ccc(Cl)cc2)CC1. The topological polar surface area (TPSA) is 37.3 Å². The van der Waals surface area contributed by atoms with Crippen molar-refractivity contribution in [1.82, 2.24) is 14.8 Å². The van der Waals surface area contributed by atoms with Crippen LogP contribution in [0, 0.1) is 11.7 Å². The Kier molecular flexibility index (Phi) is 7.16. The zero-order chi connectivity index (χ0) is 24.2. The van der Waals surface area contributed by atoms with Crippen molar-refractivity contribution in [1.29, 1.82) is 0 Å². The molecule has 2 heterocycles. The van der Waals surface area contributed by atoms with E-state index in [0.29, 0.717) is 6.54 Å². The van der Waals surface area contributed by atoms with E-state index in [1.807, 2.05) is 18.2 Å². The number of likely N-dealkylation sites (tertiary alicyclic amines) is 1. The van der Waals surface area contributed by atoms with Crippen LogP contribution in [0.25, 0.3) is 10.9 Å². The number of piperidine rings is 1. The highest BCUT2D eigenvalue weighted by Crippen LogP contribution is 2.25. The summed E-state index contributed by atoms with van der Waals surface area (Å²) in [4.78, 5) is 15.1. The van der Waals surface area contributed by atoms with Crippen LogP contribution in [-0.2, 0) is 24.4 Å². The van der Waals surface area contributed by atoms with Crippen LogP contribution in [0.2, 0.25) is 5.02 Å². The first kappa shape index (κ1) is 23.6. The molecule has 1 amide bonds. The van der Waals surface area contributed by atoms with Crippen molar-refractivity contribution in [2.24, 2.45) is 5.92 Å². The smallest absolute Gasteiger partial charge is 0.223 e. The summed E-state index contributed by atoms with van der Waals surface area (Å²) in [6, 6.07) is 25.2. The molecule has 4 aromatic rings. The molecule has 1 aliphatic rings. The molecule has 0 unspecified atom stereocenters. The van der Waals surface area contributed by atoms with E-state index < -0.39 is 0 Å². The molecular weight excluding hydrogens is 461 g/mol. The lowest BCUT2D eigenvalue weighted by molar-refractivity contribution is -0.126. The minimum Gasteiger partial charge on any atom is -0.352 e. The number of rotatable bonds is 7. The van der Waals surface area contributed by atoms with Crippen molar-refractivity contribution in [3.05, 3.63) is 107 Å². The number of carbonyl (C=O) groups excluding carboxylic acids is 1. The number of aromatic nitrogens is 1. The van der Waals surface area contributed by atoms with Crippen LogP contribution in [0.4, 0.5) is 4.39 Å². The average Bonchev–Trinajstić information content (AvgIpc) is 3.21. The summed E-state index contributed by atoms with van der Waals surface area (Å²) in [7, 11) is 0. The minimum absolute atomic E-state index is 0.000246. The monoisotopic (exact) mass is 489 g/mol. The molecule has 1 saturated heterocycles. The summed E-state index contributed by atoms with van der Waals surface area (Å²) < 4.78 is 15.8. The zero-order valence-electron chi connectivity index (χ0n) is 19.6. The van der Waals surface area contributed by atoms with E-state index in [9.17, 15) is 9.18 Å². The third kappa shape index (κ3) is 5.75. The average molecular weight is 490 g/mol. The normalized spacial score (nSPS) is 14.9. The second-order valence-electron chi connectivity index (χ2n) is 9.31. The number of hydrogen-bond donors (Lipinski definition) is 1. The van der Waals surface area contributed by atoms with Gasteiger partial charge in [-0.25, -0.2) is 4.39 Å². The maximum Gasteiger partial charge on any atom is 0.223 e. The van der Waals surface area contributed by atoms with Crippen LogP contribution in [-0.4, -0.2) is 28.5 Å². The Morgan fingerprint density at radius 1 is 0.914 bits per heavy atom. The van der Waals surface area contributed by atoms with Gasteiger partial charge >= 0.3 is 0 Å². The lowest BCUT2D eigenvalue weighted by Crippen LogP contribution is -2.40. The predicted octanol–water partition coefficient (Wildman–Crippen LogP) is 6.01. The van der Waals surface area contributed by atoms with Gasteiger partial charge in [0.05, 0.1) is 0 Å². The summed E-state index contributed by atoms with van der Waals surface area (Å²) in [6.45, 7) is 3.75. The third-order valence-electron chi connectivity index (χ3n) is 6.85. The number of amides is 1. The molecule has 6 heteroatoms. The van der Waals surface area contributed by atoms with Crippen molar-refractivity contribution in [2.75, 3.05) is 13.1 Å². The van der Waals surface area contributed by atoms with Gasteiger partial charge in [0.2, 0.25) is 5.91 Å². The summed E-state index contributed by atoms with van der Waals surface area (Å²) in [5.74, 6) is -0.218. The first-order valence-electron chi connectivity index (χ1n) is 12.1. The fraction of sp³-hybridized carbons (Fsp3) is 0.276. The molecule has 1 fully saturated rings. The summed E-state index contributed by atoms with van der Waals surface area (Å²) in [5, 5.41) is 4.96. The Morgan fingerprint density at radius 2 is 1.69 bits per heavy atom. The molecule has 1 N–H and O–H groups in total. The standard InChI is InChI=1S/C29H29ClFN3O/c30-25-10-8-21(9-11-25)19-34-27(17-24-5-1-2-7-28(24)34)20-33-14-12-23(13-15-33)29(35)32-18-22-4-3-6-26(31)16-22/h1-11,16-17,23H,12-15,18-20H2,(H,32,35). The highest BCUT2D eigenvalue weighted by atomic mass is 35.5. The van der Waals surface area contributed by atoms with Gasteiger partial charge in [-0.15, -0.1) is 0 Å². The van der Waals surface area contributed by atoms with Gasteiger partial charge in [0.15, 0.2) is 0 Å². The van der Waals surface area contributed by atoms with Gasteiger partial charge in [-0.05, 0) is 78.8 Å². The van der Waals surface area contributed by atoms with Crippen LogP contribution in [0.5, 0.6) is 0 Å². The molecule has 5 rings (SSSR count). The number of nitrogens with zero attached hydrogens (tertiary/aromatic N) is 2. The molecule has 0 atom stereocenters. The fourth-order valence-electron chi connectivity index (χ4n) is 4.92. The number of fused-ring (bicyclic) bond motifs is 1. The zero-order valence-corrected chi connectivity index (χ0v) is 20.3. The molecule has 1 aliphatic heterocycles. The second kappa shape index (κ2) is 10.6. The van der Waals surface area contributed by atoms with Crippen molar-refractivity contribution in [2.45, 2.75) is 32.5 Å². The highest BCUT2D eigenvalue weighted by Gasteiger charge is 2.25. The van der Waals surface area contributed by atoms with Gasteiger partial charge < -0.3 is 9.88 Å². The quantitative estimate of drug-likeness (QED) is 0.345. The fourth-order valence-corrected chi connectivity index (χ4v) is 5.05. The van der Waals surface area contributed by atoms with Gasteiger partial charge in [0, 0.05) is 41.8 Å². The van der Waals surface area contributed by atoms with E-state index in [-0.39, 0.29) is 17.6 Å². The molecule has 0 aliphatic carbocycles.